The van der Waals surface area contributed by atoms with E-state index in [0.717, 1.165) is 11.1 Å². The maximum absolute atomic E-state index is 11.8. The Hall–Kier alpha value is -1.59. The van der Waals surface area contributed by atoms with Crippen LogP contribution in [-0.2, 0) is 16.1 Å². The summed E-state index contributed by atoms with van der Waals surface area (Å²) in [6, 6.07) is 8.16. The van der Waals surface area contributed by atoms with Crippen molar-refractivity contribution in [2.75, 3.05) is 13.1 Å². The molecule has 1 aromatic carbocycles. The van der Waals surface area contributed by atoms with Crippen LogP contribution in [0.15, 0.2) is 24.3 Å². The van der Waals surface area contributed by atoms with Crippen LogP contribution in [0.2, 0.25) is 0 Å². The van der Waals surface area contributed by atoms with Gasteiger partial charge in [0.25, 0.3) is 0 Å². The number of hydrogen-bond donors (Lipinski definition) is 1. The molecule has 22 heavy (non-hydrogen) atoms. The summed E-state index contributed by atoms with van der Waals surface area (Å²) in [7, 11) is 0. The van der Waals surface area contributed by atoms with Gasteiger partial charge in [0.05, 0.1) is 25.8 Å². The molecule has 1 fully saturated rings. The molecule has 0 radical (unpaired) electrons. The Balaban J connectivity index is 1.71. The summed E-state index contributed by atoms with van der Waals surface area (Å²) in [6.07, 6.45) is -0.186. The average molecular weight is 306 g/mol. The number of rotatable bonds is 4. The molecule has 1 saturated heterocycles. The molecule has 5 heteroatoms. The van der Waals surface area contributed by atoms with Gasteiger partial charge in [0.2, 0.25) is 0 Å². The minimum atomic E-state index is -0.453. The molecule has 2 N–H and O–H groups in total. The van der Waals surface area contributed by atoms with E-state index >= 15 is 0 Å². The van der Waals surface area contributed by atoms with Crippen LogP contribution < -0.4 is 5.73 Å². The highest BCUT2D eigenvalue weighted by Gasteiger charge is 2.34. The van der Waals surface area contributed by atoms with Crippen molar-refractivity contribution in [2.24, 2.45) is 5.73 Å². The third-order valence-corrected chi connectivity index (χ3v) is 3.49. The summed E-state index contributed by atoms with van der Waals surface area (Å²) in [5.74, 6) is 0. The number of benzene rings is 1. The van der Waals surface area contributed by atoms with Gasteiger partial charge in [-0.2, -0.15) is 0 Å². The van der Waals surface area contributed by atoms with Gasteiger partial charge in [-0.25, -0.2) is 4.79 Å². The third-order valence-electron chi connectivity index (χ3n) is 3.49. The summed E-state index contributed by atoms with van der Waals surface area (Å²) < 4.78 is 11.1. The first-order chi connectivity index (χ1) is 10.2. The fourth-order valence-electron chi connectivity index (χ4n) is 2.15. The lowest BCUT2D eigenvalue weighted by atomic mass is 10.1. The van der Waals surface area contributed by atoms with Gasteiger partial charge >= 0.3 is 6.09 Å². The van der Waals surface area contributed by atoms with E-state index in [9.17, 15) is 4.79 Å². The molecule has 0 aromatic heterocycles. The maximum Gasteiger partial charge on any atom is 0.410 e. The van der Waals surface area contributed by atoms with E-state index in [4.69, 9.17) is 15.2 Å². The standard InChI is InChI=1S/C17H26N2O3/c1-12(18)14-7-5-13(6-8-14)11-21-15-9-19(10-15)16(20)22-17(2,3)4/h5-8,12,15H,9-11,18H2,1-4H3/t12-/m0/s1. The van der Waals surface area contributed by atoms with Crippen LogP contribution in [0.4, 0.5) is 4.79 Å². The van der Waals surface area contributed by atoms with Crippen LogP contribution in [0.5, 0.6) is 0 Å². The van der Waals surface area contributed by atoms with Crippen LogP contribution in [-0.4, -0.2) is 35.8 Å². The second kappa shape index (κ2) is 6.67. The molecule has 1 atom stereocenters. The lowest BCUT2D eigenvalue weighted by Gasteiger charge is -2.39. The Bertz CT molecular complexity index is 500. The summed E-state index contributed by atoms with van der Waals surface area (Å²) in [4.78, 5) is 13.5. The topological polar surface area (TPSA) is 64.8 Å². The molecule has 0 unspecified atom stereocenters. The van der Waals surface area contributed by atoms with E-state index < -0.39 is 5.60 Å². The second-order valence-electron chi connectivity index (χ2n) is 6.85. The number of amides is 1. The van der Waals surface area contributed by atoms with Crippen molar-refractivity contribution in [3.63, 3.8) is 0 Å². The Kier molecular flexibility index (Phi) is 5.08. The van der Waals surface area contributed by atoms with Crippen LogP contribution in [0, 0.1) is 0 Å². The van der Waals surface area contributed by atoms with Gasteiger partial charge in [-0.15, -0.1) is 0 Å². The molecule has 1 aliphatic heterocycles. The number of nitrogens with zero attached hydrogens (tertiary/aromatic N) is 1. The van der Waals surface area contributed by atoms with Crippen molar-refractivity contribution in [3.8, 4) is 0 Å². The predicted octanol–water partition coefficient (Wildman–Crippen LogP) is 2.84. The van der Waals surface area contributed by atoms with Gasteiger partial charge in [-0.3, -0.25) is 0 Å². The van der Waals surface area contributed by atoms with Crippen LogP contribution >= 0.6 is 0 Å². The molecule has 2 rings (SSSR count). The first-order valence-electron chi connectivity index (χ1n) is 7.68. The molecular formula is C17H26N2O3. The minimum absolute atomic E-state index is 0.0454. The molecule has 122 valence electrons. The quantitative estimate of drug-likeness (QED) is 0.929. The van der Waals surface area contributed by atoms with E-state index in [-0.39, 0.29) is 18.2 Å². The van der Waals surface area contributed by atoms with Crippen molar-refractivity contribution >= 4 is 6.09 Å². The molecule has 0 bridgehead atoms. The molecule has 0 aliphatic carbocycles. The lowest BCUT2D eigenvalue weighted by molar-refractivity contribution is -0.0691. The Labute approximate surface area is 132 Å². The van der Waals surface area contributed by atoms with E-state index in [1.54, 1.807) is 4.90 Å². The van der Waals surface area contributed by atoms with Crippen LogP contribution in [0.25, 0.3) is 0 Å². The first-order valence-corrected chi connectivity index (χ1v) is 7.68. The Morgan fingerprint density at radius 1 is 1.32 bits per heavy atom. The SMILES string of the molecule is C[C@H](N)c1ccc(COC2CN(C(=O)OC(C)(C)C)C2)cc1. The van der Waals surface area contributed by atoms with Gasteiger partial charge in [0.1, 0.15) is 5.60 Å². The van der Waals surface area contributed by atoms with Crippen molar-refractivity contribution in [1.82, 2.24) is 4.90 Å². The number of likely N-dealkylation sites (tertiary alicyclic amines) is 1. The smallest absolute Gasteiger partial charge is 0.410 e. The van der Waals surface area contributed by atoms with Crippen LogP contribution in [0.3, 0.4) is 0 Å². The second-order valence-corrected chi connectivity index (χ2v) is 6.85. The number of nitrogens with two attached hydrogens (primary N) is 1. The average Bonchev–Trinajstić information content (AvgIpc) is 2.35. The normalized spacial score (nSPS) is 17.0. The fraction of sp³-hybridized carbons (Fsp3) is 0.588. The molecule has 1 aromatic rings. The van der Waals surface area contributed by atoms with Gasteiger partial charge < -0.3 is 20.1 Å². The summed E-state index contributed by atoms with van der Waals surface area (Å²) in [5, 5.41) is 0. The predicted molar refractivity (Wildman–Crippen MR) is 85.4 cm³/mol. The van der Waals surface area contributed by atoms with E-state index in [0.29, 0.717) is 19.7 Å². The van der Waals surface area contributed by atoms with Gasteiger partial charge in [-0.05, 0) is 38.8 Å². The molecule has 0 saturated carbocycles. The Morgan fingerprint density at radius 3 is 2.41 bits per heavy atom. The number of ether oxygens (including phenoxy) is 2. The molecule has 1 heterocycles. The number of hydrogen-bond acceptors (Lipinski definition) is 4. The zero-order valence-corrected chi connectivity index (χ0v) is 13.8. The van der Waals surface area contributed by atoms with E-state index in [2.05, 4.69) is 0 Å². The molecule has 0 spiro atoms. The molecule has 1 aliphatic rings. The highest BCUT2D eigenvalue weighted by atomic mass is 16.6. The zero-order valence-electron chi connectivity index (χ0n) is 13.8. The molecular weight excluding hydrogens is 280 g/mol. The van der Waals surface area contributed by atoms with Crippen molar-refractivity contribution < 1.29 is 14.3 Å². The first kappa shape index (κ1) is 16.8. The summed E-state index contributed by atoms with van der Waals surface area (Å²) in [5.41, 5.74) is 7.60. The van der Waals surface area contributed by atoms with Gasteiger partial charge in [-0.1, -0.05) is 24.3 Å². The zero-order chi connectivity index (χ0) is 16.3. The van der Waals surface area contributed by atoms with E-state index in [1.807, 2.05) is 52.0 Å². The van der Waals surface area contributed by atoms with E-state index in [1.165, 1.54) is 0 Å². The summed E-state index contributed by atoms with van der Waals surface area (Å²) >= 11 is 0. The molecule has 1 amide bonds. The van der Waals surface area contributed by atoms with Crippen molar-refractivity contribution in [1.29, 1.82) is 0 Å². The van der Waals surface area contributed by atoms with Crippen LogP contribution in [0.1, 0.15) is 44.9 Å². The third kappa shape index (κ3) is 4.71. The highest BCUT2D eigenvalue weighted by Crippen LogP contribution is 2.19. The Morgan fingerprint density at radius 2 is 1.91 bits per heavy atom. The lowest BCUT2D eigenvalue weighted by Crippen LogP contribution is -2.55. The van der Waals surface area contributed by atoms with Gasteiger partial charge in [0, 0.05) is 6.04 Å². The fourth-order valence-corrected chi connectivity index (χ4v) is 2.15. The van der Waals surface area contributed by atoms with Crippen molar-refractivity contribution in [2.45, 2.75) is 52.0 Å². The number of carbonyl (C=O) groups is 1. The molecule has 5 nitrogen and oxygen atoms in total. The monoisotopic (exact) mass is 306 g/mol. The maximum atomic E-state index is 11.8. The van der Waals surface area contributed by atoms with Crippen molar-refractivity contribution in [3.05, 3.63) is 35.4 Å². The van der Waals surface area contributed by atoms with Gasteiger partial charge in [0.15, 0.2) is 0 Å². The highest BCUT2D eigenvalue weighted by molar-refractivity contribution is 5.69. The largest absolute Gasteiger partial charge is 0.444 e. The summed E-state index contributed by atoms with van der Waals surface area (Å²) in [6.45, 7) is 9.29. The minimum Gasteiger partial charge on any atom is -0.444 e. The number of carbonyl (C=O) groups excluding carboxylic acids is 1.